The number of nitrogens with zero attached hydrogens (tertiary/aromatic N) is 2. The predicted molar refractivity (Wildman–Crippen MR) is 92.8 cm³/mol. The summed E-state index contributed by atoms with van der Waals surface area (Å²) in [6.45, 7) is 7.78. The van der Waals surface area contributed by atoms with Crippen molar-refractivity contribution in [2.45, 2.75) is 13.8 Å². The second kappa shape index (κ2) is 7.69. The van der Waals surface area contributed by atoms with E-state index in [1.54, 1.807) is 24.4 Å². The minimum Gasteiger partial charge on any atom is -0.326 e. The van der Waals surface area contributed by atoms with Crippen LogP contribution in [0.3, 0.4) is 0 Å². The average Bonchev–Trinajstić information content (AvgIpc) is 2.92. The van der Waals surface area contributed by atoms with E-state index in [1.165, 1.54) is 16.2 Å². The van der Waals surface area contributed by atoms with Gasteiger partial charge in [0.15, 0.2) is 5.13 Å². The molecule has 0 spiro atoms. The van der Waals surface area contributed by atoms with Crippen LogP contribution in [0, 0.1) is 13.8 Å². The molecule has 0 aliphatic carbocycles. The number of rotatable bonds is 6. The summed E-state index contributed by atoms with van der Waals surface area (Å²) in [6.07, 6.45) is 3.30. The molecule has 0 saturated carbocycles. The lowest BCUT2D eigenvalue weighted by Gasteiger charge is -2.20. The Morgan fingerprint density at radius 3 is 2.57 bits per heavy atom. The first kappa shape index (κ1) is 16.9. The van der Waals surface area contributed by atoms with Crippen LogP contribution in [0.15, 0.2) is 43.1 Å². The van der Waals surface area contributed by atoms with Crippen molar-refractivity contribution in [2.24, 2.45) is 0 Å². The molecule has 0 atom stereocenters. The highest BCUT2D eigenvalue weighted by Gasteiger charge is 2.18. The van der Waals surface area contributed by atoms with Crippen molar-refractivity contribution in [1.82, 2.24) is 9.88 Å². The Morgan fingerprint density at radius 2 is 2.00 bits per heavy atom. The Balaban J connectivity index is 2.05. The predicted octanol–water partition coefficient (Wildman–Crippen LogP) is 3.03. The number of hydrogen-bond acceptors (Lipinski definition) is 4. The molecule has 0 unspecified atom stereocenters. The second-order valence-electron chi connectivity index (χ2n) is 5.16. The van der Waals surface area contributed by atoms with Crippen LogP contribution in [0.2, 0.25) is 0 Å². The minimum absolute atomic E-state index is 0.0443. The number of carbonyl (C=O) groups is 2. The topological polar surface area (TPSA) is 62.3 Å². The Hall–Kier alpha value is -2.47. The third-order valence-corrected chi connectivity index (χ3v) is 3.97. The number of carbonyl (C=O) groups excluding carboxylic acids is 2. The van der Waals surface area contributed by atoms with Gasteiger partial charge in [0.25, 0.3) is 5.91 Å². The zero-order valence-electron chi connectivity index (χ0n) is 13.2. The van der Waals surface area contributed by atoms with Crippen LogP contribution in [0.1, 0.15) is 20.8 Å². The molecule has 1 heterocycles. The van der Waals surface area contributed by atoms with Crippen molar-refractivity contribution in [3.63, 3.8) is 0 Å². The molecule has 6 heteroatoms. The van der Waals surface area contributed by atoms with Crippen LogP contribution in [-0.4, -0.2) is 34.8 Å². The molecule has 0 aliphatic heterocycles. The first-order valence-corrected chi connectivity index (χ1v) is 8.00. The van der Waals surface area contributed by atoms with Crippen LogP contribution in [0.4, 0.5) is 5.13 Å². The fourth-order valence-corrected chi connectivity index (χ4v) is 2.68. The number of amides is 2. The van der Waals surface area contributed by atoms with Gasteiger partial charge in [-0.05, 0) is 26.0 Å². The maximum Gasteiger partial charge on any atom is 0.254 e. The summed E-state index contributed by atoms with van der Waals surface area (Å²) in [4.78, 5) is 31.2. The van der Waals surface area contributed by atoms with E-state index in [0.29, 0.717) is 17.2 Å². The summed E-state index contributed by atoms with van der Waals surface area (Å²) in [5, 5.41) is 3.24. The second-order valence-corrected chi connectivity index (χ2v) is 6.40. The Kier molecular flexibility index (Phi) is 5.65. The van der Waals surface area contributed by atoms with Crippen molar-refractivity contribution in [2.75, 3.05) is 18.4 Å². The lowest BCUT2D eigenvalue weighted by Crippen LogP contribution is -2.38. The average molecular weight is 329 g/mol. The van der Waals surface area contributed by atoms with E-state index < -0.39 is 0 Å². The molecule has 1 aromatic heterocycles. The van der Waals surface area contributed by atoms with E-state index in [4.69, 9.17) is 0 Å². The van der Waals surface area contributed by atoms with Crippen molar-refractivity contribution >= 4 is 28.3 Å². The molecular formula is C17H19N3O2S. The highest BCUT2D eigenvalue weighted by molar-refractivity contribution is 7.15. The summed E-state index contributed by atoms with van der Waals surface area (Å²) in [5.74, 6) is -0.475. The first-order chi connectivity index (χ1) is 11.0. The normalized spacial score (nSPS) is 10.2. The van der Waals surface area contributed by atoms with Gasteiger partial charge in [0, 0.05) is 23.2 Å². The van der Waals surface area contributed by atoms with Crippen molar-refractivity contribution < 1.29 is 9.59 Å². The van der Waals surface area contributed by atoms with Crippen LogP contribution in [0.25, 0.3) is 0 Å². The molecule has 2 aromatic rings. The molecule has 1 N–H and O–H groups in total. The number of aromatic nitrogens is 1. The van der Waals surface area contributed by atoms with Gasteiger partial charge >= 0.3 is 0 Å². The van der Waals surface area contributed by atoms with E-state index >= 15 is 0 Å². The molecule has 120 valence electrons. The number of thiazole rings is 1. The molecule has 1 aromatic carbocycles. The first-order valence-electron chi connectivity index (χ1n) is 7.18. The van der Waals surface area contributed by atoms with Crippen LogP contribution >= 0.6 is 11.3 Å². The molecule has 0 aliphatic rings. The lowest BCUT2D eigenvalue weighted by molar-refractivity contribution is -0.116. The molecule has 0 radical (unpaired) electrons. The van der Waals surface area contributed by atoms with Crippen LogP contribution < -0.4 is 5.32 Å². The molecular weight excluding hydrogens is 310 g/mol. The van der Waals surface area contributed by atoms with Gasteiger partial charge in [0.05, 0.1) is 0 Å². The number of hydrogen-bond donors (Lipinski definition) is 1. The maximum absolute atomic E-state index is 12.5. The van der Waals surface area contributed by atoms with E-state index in [1.807, 2.05) is 26.0 Å². The van der Waals surface area contributed by atoms with Crippen LogP contribution in [-0.2, 0) is 4.79 Å². The van der Waals surface area contributed by atoms with Crippen molar-refractivity contribution in [3.05, 3.63) is 59.1 Å². The summed E-state index contributed by atoms with van der Waals surface area (Å²) >= 11 is 1.40. The number of anilines is 1. The van der Waals surface area contributed by atoms with Crippen molar-refractivity contribution in [1.29, 1.82) is 0 Å². The van der Waals surface area contributed by atoms with Gasteiger partial charge in [-0.25, -0.2) is 4.98 Å². The summed E-state index contributed by atoms with van der Waals surface area (Å²) in [7, 11) is 0. The van der Waals surface area contributed by atoms with Gasteiger partial charge < -0.3 is 10.2 Å². The monoisotopic (exact) mass is 329 g/mol. The van der Waals surface area contributed by atoms with Crippen molar-refractivity contribution in [3.8, 4) is 0 Å². The van der Waals surface area contributed by atoms with E-state index in [2.05, 4.69) is 16.9 Å². The highest BCUT2D eigenvalue weighted by Crippen LogP contribution is 2.16. The van der Waals surface area contributed by atoms with E-state index in [9.17, 15) is 9.59 Å². The SMILES string of the molecule is C=CCN(CC(=O)Nc1ncc(C)s1)C(=O)c1ccc(C)cc1. The smallest absolute Gasteiger partial charge is 0.254 e. The maximum atomic E-state index is 12.5. The van der Waals surface area contributed by atoms with Gasteiger partial charge in [0.1, 0.15) is 6.54 Å². The minimum atomic E-state index is -0.276. The quantitative estimate of drug-likeness (QED) is 0.829. The largest absolute Gasteiger partial charge is 0.326 e. The molecule has 23 heavy (non-hydrogen) atoms. The fourth-order valence-electron chi connectivity index (χ4n) is 2.00. The summed E-state index contributed by atoms with van der Waals surface area (Å²) < 4.78 is 0. The number of benzene rings is 1. The van der Waals surface area contributed by atoms with Gasteiger partial charge in [-0.2, -0.15) is 0 Å². The molecule has 0 saturated heterocycles. The van der Waals surface area contributed by atoms with Gasteiger partial charge in [-0.1, -0.05) is 23.8 Å². The standard InChI is InChI=1S/C17H19N3O2S/c1-4-9-20(16(22)14-7-5-12(2)6-8-14)11-15(21)19-17-18-10-13(3)23-17/h4-8,10H,1,9,11H2,2-3H3,(H,18,19,21). The molecule has 2 amide bonds. The highest BCUT2D eigenvalue weighted by atomic mass is 32.1. The Morgan fingerprint density at radius 1 is 1.30 bits per heavy atom. The van der Waals surface area contributed by atoms with Gasteiger partial charge in [0.2, 0.25) is 5.91 Å². The number of nitrogens with one attached hydrogen (secondary N) is 1. The Bertz CT molecular complexity index is 707. The van der Waals surface area contributed by atoms with E-state index in [-0.39, 0.29) is 18.4 Å². The summed E-state index contributed by atoms with van der Waals surface area (Å²) in [6, 6.07) is 7.27. The molecule has 5 nitrogen and oxygen atoms in total. The lowest BCUT2D eigenvalue weighted by atomic mass is 10.1. The van der Waals surface area contributed by atoms with Gasteiger partial charge in [-0.15, -0.1) is 17.9 Å². The third-order valence-electron chi connectivity index (χ3n) is 3.14. The zero-order chi connectivity index (χ0) is 16.8. The van der Waals surface area contributed by atoms with Gasteiger partial charge in [-0.3, -0.25) is 9.59 Å². The van der Waals surface area contributed by atoms with E-state index in [0.717, 1.165) is 10.4 Å². The fraction of sp³-hybridized carbons (Fsp3) is 0.235. The Labute approximate surface area is 139 Å². The molecule has 0 bridgehead atoms. The summed E-state index contributed by atoms with van der Waals surface area (Å²) in [5.41, 5.74) is 1.63. The third kappa shape index (κ3) is 4.75. The number of aryl methyl sites for hydroxylation is 2. The molecule has 2 rings (SSSR count). The zero-order valence-corrected chi connectivity index (χ0v) is 14.0. The molecule has 0 fully saturated rings. The van der Waals surface area contributed by atoms with Crippen LogP contribution in [0.5, 0.6) is 0 Å².